The van der Waals surface area contributed by atoms with E-state index in [9.17, 15) is 10.1 Å². The largest absolute Gasteiger partial charge is 0.462 e. The number of hydrogen-bond acceptors (Lipinski definition) is 3. The first-order chi connectivity index (χ1) is 13.1. The summed E-state index contributed by atoms with van der Waals surface area (Å²) in [5.41, 5.74) is -0.179. The minimum atomic E-state index is -0.179. The predicted octanol–water partition coefficient (Wildman–Crippen LogP) is 6.95. The Morgan fingerprint density at radius 2 is 1.63 bits per heavy atom. The normalized spacial score (nSPS) is 31.2. The highest BCUT2D eigenvalue weighted by atomic mass is 16.5. The predicted molar refractivity (Wildman–Crippen MR) is 110 cm³/mol. The Bertz CT molecular complexity index is 465. The molecule has 154 valence electrons. The van der Waals surface area contributed by atoms with Crippen molar-refractivity contribution >= 4 is 5.97 Å². The van der Waals surface area contributed by atoms with Crippen LogP contribution >= 0.6 is 0 Å². The van der Waals surface area contributed by atoms with Gasteiger partial charge in [0, 0.05) is 0 Å². The number of carbonyl (C=O) groups is 1. The van der Waals surface area contributed by atoms with Gasteiger partial charge in [0.2, 0.25) is 0 Å². The Morgan fingerprint density at radius 1 is 0.963 bits per heavy atom. The van der Waals surface area contributed by atoms with E-state index < -0.39 is 0 Å². The van der Waals surface area contributed by atoms with E-state index in [1.165, 1.54) is 51.4 Å². The fourth-order valence-corrected chi connectivity index (χ4v) is 5.01. The number of carbonyl (C=O) groups excluding carboxylic acids is 1. The second-order valence-electron chi connectivity index (χ2n) is 9.20. The smallest absolute Gasteiger partial charge is 0.309 e. The molecule has 0 spiro atoms. The van der Waals surface area contributed by atoms with Crippen LogP contribution in [0.3, 0.4) is 0 Å². The Kier molecular flexibility index (Phi) is 9.66. The molecular weight excluding hydrogens is 334 g/mol. The maximum absolute atomic E-state index is 12.6. The molecule has 2 saturated carbocycles. The second-order valence-corrected chi connectivity index (χ2v) is 9.20. The molecule has 0 aromatic rings. The molecule has 0 radical (unpaired) electrons. The monoisotopic (exact) mass is 375 g/mol. The molecule has 0 heterocycles. The van der Waals surface area contributed by atoms with Crippen LogP contribution in [0.25, 0.3) is 0 Å². The summed E-state index contributed by atoms with van der Waals surface area (Å²) in [7, 11) is 0. The highest BCUT2D eigenvalue weighted by Gasteiger charge is 2.38. The first kappa shape index (κ1) is 22.3. The molecule has 0 aromatic carbocycles. The topological polar surface area (TPSA) is 50.1 Å². The highest BCUT2D eigenvalue weighted by Crippen LogP contribution is 2.43. The zero-order valence-electron chi connectivity index (χ0n) is 17.8. The van der Waals surface area contributed by atoms with Gasteiger partial charge in [0.15, 0.2) is 0 Å². The van der Waals surface area contributed by atoms with Gasteiger partial charge in [0.1, 0.15) is 6.10 Å². The fourth-order valence-electron chi connectivity index (χ4n) is 5.01. The minimum absolute atomic E-state index is 0.0181. The standard InChI is InChI=1S/C24H41NO2/c1-3-5-7-8-16-24(19-25)17-14-21(15-18-24)23(26)27-22-12-10-20(11-13-22)9-6-4-2/h20-22H,3-18H2,1-2H3/t20?,21-,22?,24-. The average Bonchev–Trinajstić information content (AvgIpc) is 2.71. The van der Waals surface area contributed by atoms with Gasteiger partial charge in [-0.05, 0) is 63.7 Å². The van der Waals surface area contributed by atoms with Crippen molar-refractivity contribution in [3.63, 3.8) is 0 Å². The molecule has 3 nitrogen and oxygen atoms in total. The number of nitriles is 1. The Balaban J connectivity index is 1.69. The average molecular weight is 376 g/mol. The molecule has 0 unspecified atom stereocenters. The zero-order valence-corrected chi connectivity index (χ0v) is 17.8. The van der Waals surface area contributed by atoms with E-state index in [1.54, 1.807) is 0 Å². The quantitative estimate of drug-likeness (QED) is 0.306. The van der Waals surface area contributed by atoms with Crippen LogP contribution in [0.2, 0.25) is 0 Å². The van der Waals surface area contributed by atoms with Crippen LogP contribution in [-0.2, 0) is 9.53 Å². The first-order valence-electron chi connectivity index (χ1n) is 11.7. The Morgan fingerprint density at radius 3 is 2.22 bits per heavy atom. The van der Waals surface area contributed by atoms with Crippen molar-refractivity contribution in [2.45, 2.75) is 123 Å². The zero-order chi connectivity index (χ0) is 19.5. The van der Waals surface area contributed by atoms with Gasteiger partial charge in [-0.25, -0.2) is 0 Å². The third-order valence-corrected chi connectivity index (χ3v) is 7.06. The summed E-state index contributed by atoms with van der Waals surface area (Å²) in [5, 5.41) is 9.70. The lowest BCUT2D eigenvalue weighted by Crippen LogP contribution is -2.33. The molecule has 2 rings (SSSR count). The molecule has 0 saturated heterocycles. The number of rotatable bonds is 10. The molecular formula is C24H41NO2. The molecule has 0 amide bonds. The van der Waals surface area contributed by atoms with Gasteiger partial charge in [0.25, 0.3) is 0 Å². The van der Waals surface area contributed by atoms with Crippen LogP contribution in [0.4, 0.5) is 0 Å². The van der Waals surface area contributed by atoms with Crippen molar-refractivity contribution in [2.24, 2.45) is 17.3 Å². The number of nitrogens with zero attached hydrogens (tertiary/aromatic N) is 1. The van der Waals surface area contributed by atoms with Crippen LogP contribution in [0.5, 0.6) is 0 Å². The van der Waals surface area contributed by atoms with Gasteiger partial charge in [-0.2, -0.15) is 5.26 Å². The van der Waals surface area contributed by atoms with Gasteiger partial charge in [0.05, 0.1) is 17.4 Å². The van der Waals surface area contributed by atoms with E-state index in [1.807, 2.05) is 0 Å². The molecule has 3 heteroatoms. The van der Waals surface area contributed by atoms with Crippen molar-refractivity contribution in [1.29, 1.82) is 5.26 Å². The molecule has 2 aliphatic carbocycles. The van der Waals surface area contributed by atoms with E-state index >= 15 is 0 Å². The maximum Gasteiger partial charge on any atom is 0.309 e. The maximum atomic E-state index is 12.6. The molecule has 27 heavy (non-hydrogen) atoms. The van der Waals surface area contributed by atoms with E-state index in [4.69, 9.17) is 4.74 Å². The SMILES string of the molecule is CCCCCC[C@]1(C#N)CC[C@H](C(=O)OC2CCC(CCCC)CC2)CC1. The van der Waals surface area contributed by atoms with Crippen LogP contribution in [-0.4, -0.2) is 12.1 Å². The van der Waals surface area contributed by atoms with E-state index in [2.05, 4.69) is 19.9 Å². The van der Waals surface area contributed by atoms with E-state index in [0.29, 0.717) is 0 Å². The molecule has 2 fully saturated rings. The molecule has 0 aromatic heterocycles. The third kappa shape index (κ3) is 7.13. The van der Waals surface area contributed by atoms with Gasteiger partial charge in [-0.15, -0.1) is 0 Å². The number of hydrogen-bond donors (Lipinski definition) is 0. The van der Waals surface area contributed by atoms with Crippen LogP contribution in [0.1, 0.15) is 117 Å². The van der Waals surface area contributed by atoms with Crippen molar-refractivity contribution in [3.05, 3.63) is 0 Å². The summed E-state index contributed by atoms with van der Waals surface area (Å²) in [6, 6.07) is 2.60. The van der Waals surface area contributed by atoms with Crippen LogP contribution < -0.4 is 0 Å². The van der Waals surface area contributed by atoms with E-state index in [0.717, 1.165) is 57.3 Å². The molecule has 0 N–H and O–H groups in total. The van der Waals surface area contributed by atoms with Gasteiger partial charge in [-0.1, -0.05) is 58.8 Å². The summed E-state index contributed by atoms with van der Waals surface area (Å²) in [6.45, 7) is 4.47. The van der Waals surface area contributed by atoms with Crippen molar-refractivity contribution in [1.82, 2.24) is 0 Å². The second kappa shape index (κ2) is 11.7. The fraction of sp³-hybridized carbons (Fsp3) is 0.917. The summed E-state index contributed by atoms with van der Waals surface area (Å²) < 4.78 is 5.88. The molecule has 0 bridgehead atoms. The number of esters is 1. The molecule has 0 aliphatic heterocycles. The summed E-state index contributed by atoms with van der Waals surface area (Å²) in [6.07, 6.45) is 17.9. The molecule has 0 atom stereocenters. The van der Waals surface area contributed by atoms with Gasteiger partial charge >= 0.3 is 5.97 Å². The van der Waals surface area contributed by atoms with Crippen molar-refractivity contribution in [2.75, 3.05) is 0 Å². The molecule has 2 aliphatic rings. The Hall–Kier alpha value is -1.04. The minimum Gasteiger partial charge on any atom is -0.462 e. The first-order valence-corrected chi connectivity index (χ1v) is 11.7. The van der Waals surface area contributed by atoms with Crippen molar-refractivity contribution in [3.8, 4) is 6.07 Å². The van der Waals surface area contributed by atoms with E-state index in [-0.39, 0.29) is 23.4 Å². The van der Waals surface area contributed by atoms with Gasteiger partial charge < -0.3 is 4.74 Å². The Labute approximate surface area is 167 Å². The van der Waals surface area contributed by atoms with Crippen LogP contribution in [0, 0.1) is 28.6 Å². The summed E-state index contributed by atoms with van der Waals surface area (Å²) in [5.74, 6) is 0.892. The number of unbranched alkanes of at least 4 members (excludes halogenated alkanes) is 4. The van der Waals surface area contributed by atoms with Crippen LogP contribution in [0.15, 0.2) is 0 Å². The van der Waals surface area contributed by atoms with Gasteiger partial charge in [-0.3, -0.25) is 4.79 Å². The lowest BCUT2D eigenvalue weighted by molar-refractivity contribution is -0.157. The summed E-state index contributed by atoms with van der Waals surface area (Å²) in [4.78, 5) is 12.6. The number of ether oxygens (including phenoxy) is 1. The van der Waals surface area contributed by atoms with Crippen molar-refractivity contribution < 1.29 is 9.53 Å². The lowest BCUT2D eigenvalue weighted by Gasteiger charge is -2.35. The summed E-state index contributed by atoms with van der Waals surface area (Å²) >= 11 is 0. The highest BCUT2D eigenvalue weighted by molar-refractivity contribution is 5.72. The lowest BCUT2D eigenvalue weighted by atomic mass is 9.69. The third-order valence-electron chi connectivity index (χ3n) is 7.06.